The molecule has 1 atom stereocenters. The normalized spacial score (nSPS) is 22.4. The predicted octanol–water partition coefficient (Wildman–Crippen LogP) is 2.04. The second kappa shape index (κ2) is 6.32. The Morgan fingerprint density at radius 2 is 2.00 bits per heavy atom. The van der Waals surface area contributed by atoms with Gasteiger partial charge in [0.15, 0.2) is 0 Å². The highest BCUT2D eigenvalue weighted by molar-refractivity contribution is 7.89. The molecule has 0 spiro atoms. The first-order valence-electron chi connectivity index (χ1n) is 6.44. The predicted molar refractivity (Wildman–Crippen MR) is 74.4 cm³/mol. The van der Waals surface area contributed by atoms with Gasteiger partial charge in [-0.3, -0.25) is 0 Å². The van der Waals surface area contributed by atoms with Crippen LogP contribution in [0.25, 0.3) is 0 Å². The maximum Gasteiger partial charge on any atom is 0.243 e. The zero-order valence-electron chi connectivity index (χ0n) is 10.9. The van der Waals surface area contributed by atoms with Crippen molar-refractivity contribution in [3.8, 4) is 0 Å². The Morgan fingerprint density at radius 3 is 2.68 bits per heavy atom. The summed E-state index contributed by atoms with van der Waals surface area (Å²) in [5, 5.41) is 0. The van der Waals surface area contributed by atoms with Crippen LogP contribution in [0.4, 0.5) is 0 Å². The van der Waals surface area contributed by atoms with Crippen LogP contribution < -0.4 is 0 Å². The largest absolute Gasteiger partial charge is 0.374 e. The van der Waals surface area contributed by atoms with Crippen LogP contribution in [0, 0.1) is 0 Å². The lowest BCUT2D eigenvalue weighted by Crippen LogP contribution is -2.37. The van der Waals surface area contributed by atoms with Crippen LogP contribution in [0.15, 0.2) is 47.9 Å². The summed E-state index contributed by atoms with van der Waals surface area (Å²) in [4.78, 5) is 0.353. The van der Waals surface area contributed by atoms with Crippen LogP contribution in [-0.4, -0.2) is 38.5 Å². The van der Waals surface area contributed by atoms with Crippen LogP contribution in [0.3, 0.4) is 0 Å². The van der Waals surface area contributed by atoms with Gasteiger partial charge >= 0.3 is 0 Å². The maximum absolute atomic E-state index is 12.5. The Kier molecular flexibility index (Phi) is 4.74. The van der Waals surface area contributed by atoms with E-state index in [-0.39, 0.29) is 6.10 Å². The van der Waals surface area contributed by atoms with Crippen LogP contribution in [0.5, 0.6) is 0 Å². The fourth-order valence-electron chi connectivity index (χ4n) is 2.11. The van der Waals surface area contributed by atoms with E-state index in [0.717, 1.165) is 0 Å². The van der Waals surface area contributed by atoms with Gasteiger partial charge in [-0.05, 0) is 25.0 Å². The summed E-state index contributed by atoms with van der Waals surface area (Å²) in [6.07, 6.45) is 3.03. The number of hydrogen-bond donors (Lipinski definition) is 0. The van der Waals surface area contributed by atoms with Gasteiger partial charge < -0.3 is 4.74 Å². The van der Waals surface area contributed by atoms with E-state index >= 15 is 0 Å². The Hall–Kier alpha value is -1.17. The van der Waals surface area contributed by atoms with Gasteiger partial charge in [-0.25, -0.2) is 8.42 Å². The van der Waals surface area contributed by atoms with Crippen molar-refractivity contribution in [2.75, 3.05) is 19.7 Å². The van der Waals surface area contributed by atoms with Gasteiger partial charge in [0.1, 0.15) is 0 Å². The van der Waals surface area contributed by atoms with Crippen molar-refractivity contribution in [2.24, 2.45) is 0 Å². The van der Waals surface area contributed by atoms with Crippen molar-refractivity contribution in [2.45, 2.75) is 23.8 Å². The number of ether oxygens (including phenoxy) is 1. The molecule has 1 saturated heterocycles. The summed E-state index contributed by atoms with van der Waals surface area (Å²) in [6.45, 7) is 5.24. The number of benzene rings is 1. The van der Waals surface area contributed by atoms with E-state index in [2.05, 4.69) is 6.58 Å². The Morgan fingerprint density at radius 1 is 1.26 bits per heavy atom. The molecular weight excluding hydrogens is 262 g/mol. The standard InChI is InChI=1S/C14H19NO3S/c1-2-13-9-11-15(10-6-12-18-13)19(16,17)14-7-4-3-5-8-14/h2-5,7-8,13H,1,6,9-12H2/t13-/m0/s1. The van der Waals surface area contributed by atoms with Crippen molar-refractivity contribution in [1.29, 1.82) is 0 Å². The van der Waals surface area contributed by atoms with Gasteiger partial charge in [0.05, 0.1) is 11.0 Å². The van der Waals surface area contributed by atoms with Gasteiger partial charge in [0.25, 0.3) is 0 Å². The molecule has 1 fully saturated rings. The number of nitrogens with zero attached hydrogens (tertiary/aromatic N) is 1. The molecule has 104 valence electrons. The van der Waals surface area contributed by atoms with Crippen LogP contribution in [0.1, 0.15) is 12.8 Å². The summed E-state index contributed by atoms with van der Waals surface area (Å²) >= 11 is 0. The molecule has 0 aromatic heterocycles. The van der Waals surface area contributed by atoms with Crippen molar-refractivity contribution in [3.63, 3.8) is 0 Å². The van der Waals surface area contributed by atoms with E-state index in [0.29, 0.717) is 37.4 Å². The van der Waals surface area contributed by atoms with Gasteiger partial charge in [-0.2, -0.15) is 4.31 Å². The number of sulfonamides is 1. The third kappa shape index (κ3) is 3.43. The monoisotopic (exact) mass is 281 g/mol. The molecule has 0 saturated carbocycles. The van der Waals surface area contributed by atoms with E-state index in [4.69, 9.17) is 4.74 Å². The van der Waals surface area contributed by atoms with Gasteiger partial charge in [-0.15, -0.1) is 6.58 Å². The van der Waals surface area contributed by atoms with Crippen LogP contribution >= 0.6 is 0 Å². The lowest BCUT2D eigenvalue weighted by atomic mass is 10.2. The molecule has 5 heteroatoms. The Bertz CT molecular complexity index is 513. The summed E-state index contributed by atoms with van der Waals surface area (Å²) in [6, 6.07) is 8.57. The topological polar surface area (TPSA) is 46.6 Å². The summed E-state index contributed by atoms with van der Waals surface area (Å²) in [5.41, 5.74) is 0. The van der Waals surface area contributed by atoms with E-state index < -0.39 is 10.0 Å². The summed E-state index contributed by atoms with van der Waals surface area (Å²) in [7, 11) is -3.39. The molecule has 1 aliphatic heterocycles. The molecule has 4 nitrogen and oxygen atoms in total. The molecule has 0 bridgehead atoms. The Balaban J connectivity index is 2.17. The SMILES string of the molecule is C=C[C@H]1CCN(S(=O)(=O)c2ccccc2)CCCO1. The smallest absolute Gasteiger partial charge is 0.243 e. The zero-order chi connectivity index (χ0) is 13.7. The minimum absolute atomic E-state index is 0.0613. The molecular formula is C14H19NO3S. The first-order valence-corrected chi connectivity index (χ1v) is 7.88. The quantitative estimate of drug-likeness (QED) is 0.797. The van der Waals surface area contributed by atoms with E-state index in [1.165, 1.54) is 0 Å². The Labute approximate surface area is 114 Å². The molecule has 1 aromatic carbocycles. The average molecular weight is 281 g/mol. The van der Waals surface area contributed by atoms with Crippen molar-refractivity contribution < 1.29 is 13.2 Å². The lowest BCUT2D eigenvalue weighted by molar-refractivity contribution is 0.0595. The molecule has 0 radical (unpaired) electrons. The van der Waals surface area contributed by atoms with E-state index in [9.17, 15) is 8.42 Å². The van der Waals surface area contributed by atoms with Gasteiger partial charge in [0, 0.05) is 19.7 Å². The van der Waals surface area contributed by atoms with Crippen LogP contribution in [-0.2, 0) is 14.8 Å². The van der Waals surface area contributed by atoms with Gasteiger partial charge in [0.2, 0.25) is 10.0 Å². The fourth-order valence-corrected chi connectivity index (χ4v) is 3.62. The molecule has 0 aliphatic carbocycles. The summed E-state index contributed by atoms with van der Waals surface area (Å²) in [5.74, 6) is 0. The molecule has 1 aromatic rings. The highest BCUT2D eigenvalue weighted by Gasteiger charge is 2.25. The molecule has 1 aliphatic rings. The minimum Gasteiger partial charge on any atom is -0.374 e. The third-order valence-electron chi connectivity index (χ3n) is 3.19. The highest BCUT2D eigenvalue weighted by atomic mass is 32.2. The first kappa shape index (κ1) is 14.2. The second-order valence-corrected chi connectivity index (χ2v) is 6.44. The molecule has 0 amide bonds. The maximum atomic E-state index is 12.5. The fraction of sp³-hybridized carbons (Fsp3) is 0.429. The molecule has 2 rings (SSSR count). The minimum atomic E-state index is -3.39. The van der Waals surface area contributed by atoms with Crippen molar-refractivity contribution in [1.82, 2.24) is 4.31 Å². The average Bonchev–Trinajstić information content (AvgIpc) is 2.39. The number of hydrogen-bond acceptors (Lipinski definition) is 3. The van der Waals surface area contributed by atoms with E-state index in [1.54, 1.807) is 34.6 Å². The molecule has 0 N–H and O–H groups in total. The second-order valence-electron chi connectivity index (χ2n) is 4.50. The van der Waals surface area contributed by atoms with E-state index in [1.807, 2.05) is 6.07 Å². The number of rotatable bonds is 3. The van der Waals surface area contributed by atoms with Crippen LogP contribution in [0.2, 0.25) is 0 Å². The first-order chi connectivity index (χ1) is 9.14. The van der Waals surface area contributed by atoms with Crippen molar-refractivity contribution in [3.05, 3.63) is 43.0 Å². The van der Waals surface area contributed by atoms with Gasteiger partial charge in [-0.1, -0.05) is 24.3 Å². The zero-order valence-corrected chi connectivity index (χ0v) is 11.7. The third-order valence-corrected chi connectivity index (χ3v) is 5.10. The molecule has 19 heavy (non-hydrogen) atoms. The molecule has 0 unspecified atom stereocenters. The summed E-state index contributed by atoms with van der Waals surface area (Å²) < 4.78 is 32.1. The van der Waals surface area contributed by atoms with Crippen molar-refractivity contribution >= 4 is 10.0 Å². The lowest BCUT2D eigenvalue weighted by Gasteiger charge is -2.27. The molecule has 1 heterocycles. The highest BCUT2D eigenvalue weighted by Crippen LogP contribution is 2.18.